The minimum Gasteiger partial charge on any atom is -0.535 e. The zero-order chi connectivity index (χ0) is 13.1. The fourth-order valence-electron chi connectivity index (χ4n) is 1.89. The van der Waals surface area contributed by atoms with Gasteiger partial charge >= 0.3 is 13.1 Å². The molecule has 1 N–H and O–H groups in total. The first-order valence-corrected chi connectivity index (χ1v) is 5.47. The quantitative estimate of drug-likeness (QED) is 0.488. The van der Waals surface area contributed by atoms with Gasteiger partial charge < -0.3 is 14.4 Å². The van der Waals surface area contributed by atoms with E-state index in [0.29, 0.717) is 18.5 Å². The summed E-state index contributed by atoms with van der Waals surface area (Å²) in [4.78, 5) is 20.7. The Morgan fingerprint density at radius 2 is 2.22 bits per heavy atom. The third-order valence-electron chi connectivity index (χ3n) is 2.70. The molecule has 1 heterocycles. The molecule has 0 spiro atoms. The van der Waals surface area contributed by atoms with Gasteiger partial charge in [0.15, 0.2) is 0 Å². The van der Waals surface area contributed by atoms with Crippen molar-refractivity contribution >= 4 is 13.1 Å². The van der Waals surface area contributed by atoms with Gasteiger partial charge in [0, 0.05) is 0 Å². The number of carbonyl (C=O) groups is 1. The highest BCUT2D eigenvalue weighted by molar-refractivity contribution is 6.44. The Kier molecular flexibility index (Phi) is 3.73. The highest BCUT2D eigenvalue weighted by atomic mass is 17.2. The minimum atomic E-state index is -0.932. The van der Waals surface area contributed by atoms with Gasteiger partial charge in [-0.3, -0.25) is 4.89 Å². The molecule has 7 heteroatoms. The Hall–Kier alpha value is -1.73. The highest BCUT2D eigenvalue weighted by Gasteiger charge is 2.31. The van der Waals surface area contributed by atoms with Crippen LogP contribution in [0.5, 0.6) is 11.5 Å². The van der Waals surface area contributed by atoms with Crippen LogP contribution in [0.15, 0.2) is 12.1 Å². The van der Waals surface area contributed by atoms with E-state index in [1.807, 2.05) is 0 Å². The van der Waals surface area contributed by atoms with Crippen molar-refractivity contribution in [1.29, 1.82) is 0 Å². The van der Waals surface area contributed by atoms with Gasteiger partial charge in [-0.1, -0.05) is 6.07 Å². The monoisotopic (exact) mass is 252 g/mol. The van der Waals surface area contributed by atoms with E-state index in [2.05, 4.69) is 9.78 Å². The molecule has 0 aliphatic carbocycles. The second-order valence-corrected chi connectivity index (χ2v) is 3.78. The van der Waals surface area contributed by atoms with Crippen LogP contribution >= 0.6 is 0 Å². The number of ether oxygens (including phenoxy) is 1. The Morgan fingerprint density at radius 1 is 1.44 bits per heavy atom. The van der Waals surface area contributed by atoms with Crippen LogP contribution in [-0.2, 0) is 16.2 Å². The van der Waals surface area contributed by atoms with Gasteiger partial charge in [-0.25, -0.2) is 4.79 Å². The van der Waals surface area contributed by atoms with Crippen molar-refractivity contribution < 1.29 is 29.0 Å². The van der Waals surface area contributed by atoms with Crippen molar-refractivity contribution in [2.75, 3.05) is 14.2 Å². The lowest BCUT2D eigenvalue weighted by Crippen LogP contribution is -2.28. The molecule has 0 saturated carbocycles. The fraction of sp³-hybridized carbons (Fsp3) is 0.364. The number of aryl methyl sites for hydroxylation is 1. The number of carbonyl (C=O) groups excluding carboxylic acids is 1. The Labute approximate surface area is 104 Å². The standard InChI is InChI=1S/C11H13BO6/c1-15-8-4-3-7-5-6-12(14)17-10(7)9(8)11(13)18-16-2/h3-4,14H,5-6H2,1-2H3. The summed E-state index contributed by atoms with van der Waals surface area (Å²) in [6, 6.07) is 3.45. The maximum atomic E-state index is 11.8. The Morgan fingerprint density at radius 3 is 2.89 bits per heavy atom. The van der Waals surface area contributed by atoms with Gasteiger partial charge in [-0.15, -0.1) is 0 Å². The molecule has 0 aromatic heterocycles. The van der Waals surface area contributed by atoms with E-state index in [1.54, 1.807) is 12.1 Å². The molecule has 6 nitrogen and oxygen atoms in total. The van der Waals surface area contributed by atoms with E-state index < -0.39 is 13.1 Å². The van der Waals surface area contributed by atoms with Gasteiger partial charge in [-0.2, -0.15) is 4.89 Å². The zero-order valence-electron chi connectivity index (χ0n) is 10.1. The largest absolute Gasteiger partial charge is 0.535 e. The maximum Gasteiger partial charge on any atom is 0.522 e. The van der Waals surface area contributed by atoms with Crippen LogP contribution in [-0.4, -0.2) is 32.3 Å². The average molecular weight is 252 g/mol. The van der Waals surface area contributed by atoms with Crippen LogP contribution in [0.2, 0.25) is 6.32 Å². The molecule has 1 aliphatic heterocycles. The molecular weight excluding hydrogens is 239 g/mol. The molecule has 0 radical (unpaired) electrons. The van der Waals surface area contributed by atoms with E-state index >= 15 is 0 Å². The first kappa shape index (κ1) is 12.7. The Bertz CT molecular complexity index is 461. The summed E-state index contributed by atoms with van der Waals surface area (Å²) in [5, 5.41) is 9.51. The predicted octanol–water partition coefficient (Wildman–Crippen LogP) is 0.829. The lowest BCUT2D eigenvalue weighted by molar-refractivity contribution is -0.216. The van der Waals surface area contributed by atoms with Crippen LogP contribution in [0, 0.1) is 0 Å². The van der Waals surface area contributed by atoms with Crippen molar-refractivity contribution in [1.82, 2.24) is 0 Å². The minimum absolute atomic E-state index is 0.121. The molecule has 0 unspecified atom stereocenters. The molecule has 0 amide bonds. The predicted molar refractivity (Wildman–Crippen MR) is 62.5 cm³/mol. The van der Waals surface area contributed by atoms with Crippen LogP contribution in [0.4, 0.5) is 0 Å². The Balaban J connectivity index is 2.49. The second kappa shape index (κ2) is 5.28. The number of rotatable bonds is 3. The van der Waals surface area contributed by atoms with E-state index in [9.17, 15) is 9.82 Å². The third-order valence-corrected chi connectivity index (χ3v) is 2.70. The van der Waals surface area contributed by atoms with E-state index in [1.165, 1.54) is 14.2 Å². The second-order valence-electron chi connectivity index (χ2n) is 3.78. The summed E-state index contributed by atoms with van der Waals surface area (Å²) < 4.78 is 10.4. The van der Waals surface area contributed by atoms with Gasteiger partial charge in [0.25, 0.3) is 0 Å². The SMILES string of the molecule is COOC(=O)c1c(OC)ccc2c1OB(O)CC2. The van der Waals surface area contributed by atoms with Crippen LogP contribution in [0.1, 0.15) is 15.9 Å². The van der Waals surface area contributed by atoms with Crippen molar-refractivity contribution in [3.8, 4) is 11.5 Å². The van der Waals surface area contributed by atoms with Crippen LogP contribution in [0.3, 0.4) is 0 Å². The molecule has 0 fully saturated rings. The van der Waals surface area contributed by atoms with Gasteiger partial charge in [0.1, 0.15) is 17.1 Å². The molecule has 1 aromatic carbocycles. The highest BCUT2D eigenvalue weighted by Crippen LogP contribution is 2.36. The molecule has 18 heavy (non-hydrogen) atoms. The first-order valence-electron chi connectivity index (χ1n) is 5.47. The molecule has 0 bridgehead atoms. The molecule has 1 aromatic rings. The smallest absolute Gasteiger partial charge is 0.522 e. The fourth-order valence-corrected chi connectivity index (χ4v) is 1.89. The third kappa shape index (κ3) is 2.27. The average Bonchev–Trinajstić information content (AvgIpc) is 2.37. The molecule has 2 rings (SSSR count). The van der Waals surface area contributed by atoms with Crippen molar-refractivity contribution in [2.45, 2.75) is 12.7 Å². The molecule has 1 aliphatic rings. The number of benzene rings is 1. The van der Waals surface area contributed by atoms with Crippen molar-refractivity contribution in [3.05, 3.63) is 23.3 Å². The van der Waals surface area contributed by atoms with E-state index in [-0.39, 0.29) is 11.3 Å². The lowest BCUT2D eigenvalue weighted by atomic mass is 9.78. The summed E-state index contributed by atoms with van der Waals surface area (Å²) in [6.45, 7) is 0. The van der Waals surface area contributed by atoms with Gasteiger partial charge in [0.05, 0.1) is 14.2 Å². The summed E-state index contributed by atoms with van der Waals surface area (Å²) in [5.41, 5.74) is 0.944. The van der Waals surface area contributed by atoms with Crippen LogP contribution < -0.4 is 9.39 Å². The number of hydrogen-bond donors (Lipinski definition) is 1. The summed E-state index contributed by atoms with van der Waals surface area (Å²) >= 11 is 0. The molecular formula is C11H13BO6. The normalized spacial score (nSPS) is 13.6. The van der Waals surface area contributed by atoms with E-state index in [0.717, 1.165) is 5.56 Å². The summed E-state index contributed by atoms with van der Waals surface area (Å²) in [7, 11) is 1.73. The van der Waals surface area contributed by atoms with Crippen molar-refractivity contribution in [3.63, 3.8) is 0 Å². The number of fused-ring (bicyclic) bond motifs is 1. The number of hydrogen-bond acceptors (Lipinski definition) is 6. The molecule has 0 saturated heterocycles. The van der Waals surface area contributed by atoms with Crippen LogP contribution in [0.25, 0.3) is 0 Å². The maximum absolute atomic E-state index is 11.8. The summed E-state index contributed by atoms with van der Waals surface area (Å²) in [6.07, 6.45) is 1.10. The zero-order valence-corrected chi connectivity index (χ0v) is 10.1. The lowest BCUT2D eigenvalue weighted by Gasteiger charge is -2.22. The molecule has 96 valence electrons. The topological polar surface area (TPSA) is 74.2 Å². The summed E-state index contributed by atoms with van der Waals surface area (Å²) in [5.74, 6) is -0.125. The molecule has 0 atom stereocenters. The first-order chi connectivity index (χ1) is 8.67. The van der Waals surface area contributed by atoms with E-state index in [4.69, 9.17) is 9.39 Å². The number of methoxy groups -OCH3 is 1. The van der Waals surface area contributed by atoms with Crippen molar-refractivity contribution in [2.24, 2.45) is 0 Å². The van der Waals surface area contributed by atoms with Gasteiger partial charge in [0.2, 0.25) is 0 Å². The van der Waals surface area contributed by atoms with Gasteiger partial charge in [-0.05, 0) is 24.4 Å².